The third-order valence-corrected chi connectivity index (χ3v) is 4.47. The van der Waals surface area contributed by atoms with Crippen LogP contribution in [0.15, 0.2) is 45.9 Å². The Morgan fingerprint density at radius 3 is 2.67 bits per heavy atom. The quantitative estimate of drug-likeness (QED) is 0.696. The molecule has 3 rings (SSSR count). The van der Waals surface area contributed by atoms with Gasteiger partial charge in [0.05, 0.1) is 5.69 Å². The fourth-order valence-corrected chi connectivity index (χ4v) is 3.03. The minimum atomic E-state index is 0.680. The van der Waals surface area contributed by atoms with Crippen molar-refractivity contribution in [3.05, 3.63) is 59.0 Å². The van der Waals surface area contributed by atoms with E-state index in [9.17, 15) is 0 Å². The second-order valence-electron chi connectivity index (χ2n) is 5.99. The highest BCUT2D eigenvalue weighted by molar-refractivity contribution is 5.81. The molecule has 0 spiro atoms. The second-order valence-corrected chi connectivity index (χ2v) is 5.99. The third-order valence-electron chi connectivity index (χ3n) is 4.47. The van der Waals surface area contributed by atoms with Crippen molar-refractivity contribution in [3.63, 3.8) is 0 Å². The van der Waals surface area contributed by atoms with E-state index >= 15 is 0 Å². The molecular weight excluding hydrogens is 300 g/mol. The molecule has 1 N–H and O–H groups in total. The number of rotatable bonds is 3. The predicted molar refractivity (Wildman–Crippen MR) is 96.8 cm³/mol. The van der Waals surface area contributed by atoms with E-state index in [0.29, 0.717) is 6.54 Å². The van der Waals surface area contributed by atoms with Gasteiger partial charge in [0.1, 0.15) is 5.76 Å². The Kier molecular flexibility index (Phi) is 4.99. The maximum Gasteiger partial charge on any atom is 0.194 e. The molecule has 0 saturated carbocycles. The molecule has 2 aromatic rings. The van der Waals surface area contributed by atoms with E-state index in [2.05, 4.69) is 56.8 Å². The number of benzene rings is 1. The molecule has 0 bridgehead atoms. The van der Waals surface area contributed by atoms with Crippen LogP contribution in [0, 0.1) is 13.8 Å². The van der Waals surface area contributed by atoms with Crippen molar-refractivity contribution in [2.45, 2.75) is 26.8 Å². The van der Waals surface area contributed by atoms with E-state index in [1.807, 2.05) is 20.9 Å². The van der Waals surface area contributed by atoms with Crippen LogP contribution in [0.25, 0.3) is 5.57 Å². The average Bonchev–Trinajstić information content (AvgIpc) is 2.95. The number of hydrogen-bond acceptors (Lipinski definition) is 3. The molecule has 1 aromatic carbocycles. The fourth-order valence-electron chi connectivity index (χ4n) is 3.03. The summed E-state index contributed by atoms with van der Waals surface area (Å²) >= 11 is 0. The lowest BCUT2D eigenvalue weighted by atomic mass is 10.00. The van der Waals surface area contributed by atoms with Crippen LogP contribution in [0.4, 0.5) is 0 Å². The molecule has 5 heteroatoms. The Hall–Kier alpha value is -2.56. The Labute approximate surface area is 143 Å². The van der Waals surface area contributed by atoms with Crippen LogP contribution in [0.2, 0.25) is 0 Å². The molecule has 126 valence electrons. The van der Waals surface area contributed by atoms with Gasteiger partial charge in [-0.2, -0.15) is 0 Å². The summed E-state index contributed by atoms with van der Waals surface area (Å²) in [5, 5.41) is 7.42. The van der Waals surface area contributed by atoms with Gasteiger partial charge in [0.15, 0.2) is 5.96 Å². The zero-order chi connectivity index (χ0) is 16.9. The first-order valence-corrected chi connectivity index (χ1v) is 8.31. The van der Waals surface area contributed by atoms with Gasteiger partial charge in [-0.1, -0.05) is 41.6 Å². The zero-order valence-electron chi connectivity index (χ0n) is 14.5. The minimum absolute atomic E-state index is 0.680. The molecule has 0 saturated heterocycles. The van der Waals surface area contributed by atoms with Gasteiger partial charge in [0.25, 0.3) is 0 Å². The number of aromatic nitrogens is 1. The van der Waals surface area contributed by atoms with E-state index in [0.717, 1.165) is 42.5 Å². The Morgan fingerprint density at radius 1 is 1.29 bits per heavy atom. The summed E-state index contributed by atoms with van der Waals surface area (Å²) < 4.78 is 5.22. The lowest BCUT2D eigenvalue weighted by Gasteiger charge is -2.29. The first-order valence-electron chi connectivity index (χ1n) is 8.31. The van der Waals surface area contributed by atoms with Crippen LogP contribution in [0.1, 0.15) is 29.0 Å². The van der Waals surface area contributed by atoms with Crippen LogP contribution in [-0.2, 0) is 6.54 Å². The van der Waals surface area contributed by atoms with Gasteiger partial charge in [-0.3, -0.25) is 4.99 Å². The molecule has 0 unspecified atom stereocenters. The maximum absolute atomic E-state index is 5.22. The molecule has 1 aromatic heterocycles. The lowest BCUT2D eigenvalue weighted by molar-refractivity contribution is 0.392. The molecule has 0 amide bonds. The summed E-state index contributed by atoms with van der Waals surface area (Å²) in [5.41, 5.74) is 4.76. The van der Waals surface area contributed by atoms with Crippen molar-refractivity contribution >= 4 is 11.5 Å². The number of nitrogens with one attached hydrogen (secondary N) is 1. The predicted octanol–water partition coefficient (Wildman–Crippen LogP) is 3.16. The molecule has 0 fully saturated rings. The van der Waals surface area contributed by atoms with Crippen molar-refractivity contribution in [3.8, 4) is 0 Å². The highest BCUT2D eigenvalue weighted by atomic mass is 16.5. The third kappa shape index (κ3) is 3.50. The SMILES string of the molecule is CN=C(NCc1c(C)noc1C)N1CC=C(c2ccccc2)CC1. The summed E-state index contributed by atoms with van der Waals surface area (Å²) in [6, 6.07) is 10.6. The minimum Gasteiger partial charge on any atom is -0.361 e. The van der Waals surface area contributed by atoms with Gasteiger partial charge < -0.3 is 14.7 Å². The standard InChI is InChI=1S/C19H24N4O/c1-14-18(15(2)24-22-14)13-21-19(20-3)23-11-9-17(10-12-23)16-7-5-4-6-8-16/h4-9H,10-13H2,1-3H3,(H,20,21). The number of nitrogens with zero attached hydrogens (tertiary/aromatic N) is 3. The number of guanidine groups is 1. The molecule has 24 heavy (non-hydrogen) atoms. The van der Waals surface area contributed by atoms with Crippen LogP contribution < -0.4 is 5.32 Å². The largest absolute Gasteiger partial charge is 0.361 e. The molecule has 1 aliphatic heterocycles. The number of aryl methyl sites for hydroxylation is 2. The van der Waals surface area contributed by atoms with Crippen molar-refractivity contribution in [1.82, 2.24) is 15.4 Å². The van der Waals surface area contributed by atoms with Gasteiger partial charge >= 0.3 is 0 Å². The molecule has 2 heterocycles. The zero-order valence-corrected chi connectivity index (χ0v) is 14.5. The normalized spacial score (nSPS) is 15.4. The second kappa shape index (κ2) is 7.34. The van der Waals surface area contributed by atoms with E-state index in [-0.39, 0.29) is 0 Å². The summed E-state index contributed by atoms with van der Waals surface area (Å²) in [7, 11) is 1.83. The van der Waals surface area contributed by atoms with E-state index in [1.165, 1.54) is 11.1 Å². The monoisotopic (exact) mass is 324 g/mol. The van der Waals surface area contributed by atoms with Crippen molar-refractivity contribution in [2.24, 2.45) is 4.99 Å². The van der Waals surface area contributed by atoms with E-state index in [4.69, 9.17) is 4.52 Å². The van der Waals surface area contributed by atoms with Gasteiger partial charge in [-0.25, -0.2) is 0 Å². The molecule has 0 aliphatic carbocycles. The topological polar surface area (TPSA) is 53.7 Å². The van der Waals surface area contributed by atoms with E-state index in [1.54, 1.807) is 0 Å². The number of hydrogen-bond donors (Lipinski definition) is 1. The Balaban J connectivity index is 1.63. The van der Waals surface area contributed by atoms with Gasteiger partial charge in [-0.15, -0.1) is 0 Å². The smallest absolute Gasteiger partial charge is 0.194 e. The average molecular weight is 324 g/mol. The van der Waals surface area contributed by atoms with Gasteiger partial charge in [-0.05, 0) is 31.4 Å². The van der Waals surface area contributed by atoms with Crippen LogP contribution >= 0.6 is 0 Å². The summed E-state index contributed by atoms with van der Waals surface area (Å²) in [4.78, 5) is 6.69. The first-order chi connectivity index (χ1) is 11.7. The molecule has 1 aliphatic rings. The summed E-state index contributed by atoms with van der Waals surface area (Å²) in [5.74, 6) is 1.78. The molecular formula is C19H24N4O. The van der Waals surface area contributed by atoms with Crippen molar-refractivity contribution < 1.29 is 4.52 Å². The Morgan fingerprint density at radius 2 is 2.08 bits per heavy atom. The highest BCUT2D eigenvalue weighted by Crippen LogP contribution is 2.22. The molecule has 0 radical (unpaired) electrons. The van der Waals surface area contributed by atoms with Crippen LogP contribution in [0.3, 0.4) is 0 Å². The van der Waals surface area contributed by atoms with Gasteiger partial charge in [0.2, 0.25) is 0 Å². The van der Waals surface area contributed by atoms with Crippen LogP contribution in [-0.4, -0.2) is 36.2 Å². The van der Waals surface area contributed by atoms with Crippen LogP contribution in [0.5, 0.6) is 0 Å². The Bertz CT molecular complexity index is 726. The summed E-state index contributed by atoms with van der Waals surface area (Å²) in [6.45, 7) is 6.41. The summed E-state index contributed by atoms with van der Waals surface area (Å²) in [6.07, 6.45) is 3.32. The van der Waals surface area contributed by atoms with E-state index < -0.39 is 0 Å². The lowest BCUT2D eigenvalue weighted by Crippen LogP contribution is -2.43. The fraction of sp³-hybridized carbons (Fsp3) is 0.368. The van der Waals surface area contributed by atoms with Crippen molar-refractivity contribution in [1.29, 1.82) is 0 Å². The van der Waals surface area contributed by atoms with Crippen molar-refractivity contribution in [2.75, 3.05) is 20.1 Å². The number of aliphatic imine (C=N–C) groups is 1. The maximum atomic E-state index is 5.22. The first kappa shape index (κ1) is 16.3. The molecule has 0 atom stereocenters. The highest BCUT2D eigenvalue weighted by Gasteiger charge is 2.17. The van der Waals surface area contributed by atoms with Gasteiger partial charge in [0, 0.05) is 32.2 Å². The molecule has 5 nitrogen and oxygen atoms in total.